The summed E-state index contributed by atoms with van der Waals surface area (Å²) in [4.78, 5) is 0. The molecular weight excluding hydrogens is 178 g/mol. The third kappa shape index (κ3) is 9.96. The second-order valence-electron chi connectivity index (χ2n) is 3.68. The van der Waals surface area contributed by atoms with Gasteiger partial charge >= 0.3 is 0 Å². The van der Waals surface area contributed by atoms with Crippen LogP contribution in [0.4, 0.5) is 0 Å². The second kappa shape index (κ2) is 11.0. The number of ether oxygens (including phenoxy) is 2. The van der Waals surface area contributed by atoms with E-state index in [1.54, 1.807) is 7.11 Å². The fourth-order valence-corrected chi connectivity index (χ4v) is 1.29. The van der Waals surface area contributed by atoms with Crippen molar-refractivity contribution in [2.24, 2.45) is 5.73 Å². The lowest BCUT2D eigenvalue weighted by Gasteiger charge is -2.11. The highest BCUT2D eigenvalue weighted by atomic mass is 16.5. The van der Waals surface area contributed by atoms with Gasteiger partial charge in [-0.25, -0.2) is 0 Å². The van der Waals surface area contributed by atoms with Crippen molar-refractivity contribution in [1.29, 1.82) is 0 Å². The van der Waals surface area contributed by atoms with E-state index in [2.05, 4.69) is 6.92 Å². The first-order chi connectivity index (χ1) is 6.81. The van der Waals surface area contributed by atoms with Gasteiger partial charge in [-0.1, -0.05) is 32.6 Å². The number of rotatable bonds is 10. The van der Waals surface area contributed by atoms with Gasteiger partial charge in [0, 0.05) is 13.2 Å². The van der Waals surface area contributed by atoms with Crippen molar-refractivity contribution < 1.29 is 9.47 Å². The number of nitrogens with two attached hydrogens (primary N) is 1. The maximum absolute atomic E-state index is 5.87. The molecule has 0 rings (SSSR count). The molecule has 0 aromatic rings. The summed E-state index contributed by atoms with van der Waals surface area (Å²) in [6.45, 7) is 4.19. The van der Waals surface area contributed by atoms with E-state index in [1.165, 1.54) is 25.7 Å². The molecule has 0 bridgehead atoms. The quantitative estimate of drug-likeness (QED) is 0.552. The first kappa shape index (κ1) is 13.9. The van der Waals surface area contributed by atoms with Crippen LogP contribution in [0.5, 0.6) is 0 Å². The Morgan fingerprint density at radius 3 is 2.57 bits per heavy atom. The van der Waals surface area contributed by atoms with E-state index < -0.39 is 0 Å². The average molecular weight is 203 g/mol. The molecule has 0 aliphatic rings. The molecule has 0 fully saturated rings. The van der Waals surface area contributed by atoms with Gasteiger partial charge < -0.3 is 15.2 Å². The van der Waals surface area contributed by atoms with Crippen LogP contribution >= 0.6 is 0 Å². The Morgan fingerprint density at radius 1 is 1.14 bits per heavy atom. The lowest BCUT2D eigenvalue weighted by molar-refractivity contribution is 0.0624. The number of methoxy groups -OCH3 is 1. The zero-order valence-electron chi connectivity index (χ0n) is 9.63. The zero-order valence-corrected chi connectivity index (χ0v) is 9.63. The molecule has 1 unspecified atom stereocenters. The van der Waals surface area contributed by atoms with Crippen molar-refractivity contribution in [1.82, 2.24) is 0 Å². The molecule has 14 heavy (non-hydrogen) atoms. The van der Waals surface area contributed by atoms with Crippen LogP contribution < -0.4 is 5.73 Å². The largest absolute Gasteiger partial charge is 0.382 e. The molecule has 0 aromatic heterocycles. The molecule has 1 atom stereocenters. The van der Waals surface area contributed by atoms with Crippen LogP contribution in [0.25, 0.3) is 0 Å². The summed E-state index contributed by atoms with van der Waals surface area (Å²) >= 11 is 0. The summed E-state index contributed by atoms with van der Waals surface area (Å²) in [6.07, 6.45) is 6.19. The molecule has 0 spiro atoms. The van der Waals surface area contributed by atoms with Crippen molar-refractivity contribution in [3.05, 3.63) is 0 Å². The summed E-state index contributed by atoms with van der Waals surface area (Å²) in [6, 6.07) is 0.198. The number of hydrogen-bond donors (Lipinski definition) is 1. The van der Waals surface area contributed by atoms with E-state index in [4.69, 9.17) is 15.2 Å². The van der Waals surface area contributed by atoms with Crippen LogP contribution in [0, 0.1) is 0 Å². The highest BCUT2D eigenvalue weighted by Crippen LogP contribution is 2.04. The highest BCUT2D eigenvalue weighted by Gasteiger charge is 2.01. The molecule has 0 heterocycles. The van der Waals surface area contributed by atoms with E-state index in [0.29, 0.717) is 19.8 Å². The van der Waals surface area contributed by atoms with Gasteiger partial charge in [0.2, 0.25) is 0 Å². The fourth-order valence-electron chi connectivity index (χ4n) is 1.29. The van der Waals surface area contributed by atoms with Gasteiger partial charge in [-0.15, -0.1) is 0 Å². The summed E-state index contributed by atoms with van der Waals surface area (Å²) < 4.78 is 10.2. The Morgan fingerprint density at radius 2 is 1.93 bits per heavy atom. The molecule has 0 saturated heterocycles. The van der Waals surface area contributed by atoms with Crippen molar-refractivity contribution in [3.63, 3.8) is 0 Å². The Balaban J connectivity index is 3.07. The predicted molar refractivity (Wildman–Crippen MR) is 59.4 cm³/mol. The van der Waals surface area contributed by atoms with Crippen LogP contribution in [0.1, 0.15) is 39.0 Å². The van der Waals surface area contributed by atoms with Gasteiger partial charge in [-0.2, -0.15) is 0 Å². The Kier molecular flexibility index (Phi) is 10.9. The predicted octanol–water partition coefficient (Wildman–Crippen LogP) is 1.95. The van der Waals surface area contributed by atoms with E-state index in [0.717, 1.165) is 6.42 Å². The maximum atomic E-state index is 5.87. The molecule has 0 saturated carbocycles. The molecule has 0 aromatic carbocycles. The van der Waals surface area contributed by atoms with Gasteiger partial charge in [-0.05, 0) is 6.42 Å². The van der Waals surface area contributed by atoms with Crippen molar-refractivity contribution in [3.8, 4) is 0 Å². The summed E-state index contributed by atoms with van der Waals surface area (Å²) in [7, 11) is 1.67. The minimum Gasteiger partial charge on any atom is -0.382 e. The molecule has 0 aliphatic heterocycles. The fraction of sp³-hybridized carbons (Fsp3) is 1.00. The van der Waals surface area contributed by atoms with Gasteiger partial charge in [0.15, 0.2) is 0 Å². The number of hydrogen-bond acceptors (Lipinski definition) is 3. The van der Waals surface area contributed by atoms with Crippen molar-refractivity contribution >= 4 is 0 Å². The highest BCUT2D eigenvalue weighted by molar-refractivity contribution is 4.59. The standard InChI is InChI=1S/C11H25NO2/c1-3-4-5-6-7-11(12)10-14-9-8-13-2/h11H,3-10,12H2,1-2H3. The molecule has 3 nitrogen and oxygen atoms in total. The molecule has 3 heteroatoms. The van der Waals surface area contributed by atoms with Crippen LogP contribution in [-0.2, 0) is 9.47 Å². The third-order valence-electron chi connectivity index (χ3n) is 2.19. The third-order valence-corrected chi connectivity index (χ3v) is 2.19. The SMILES string of the molecule is CCCCCCC(N)COCCOC. The molecule has 0 radical (unpaired) electrons. The van der Waals surface area contributed by atoms with E-state index in [9.17, 15) is 0 Å². The van der Waals surface area contributed by atoms with Gasteiger partial charge in [0.1, 0.15) is 0 Å². The van der Waals surface area contributed by atoms with Gasteiger partial charge in [-0.3, -0.25) is 0 Å². The van der Waals surface area contributed by atoms with Gasteiger partial charge in [0.05, 0.1) is 19.8 Å². The van der Waals surface area contributed by atoms with Crippen LogP contribution in [0.3, 0.4) is 0 Å². The van der Waals surface area contributed by atoms with Crippen molar-refractivity contribution in [2.75, 3.05) is 26.9 Å². The normalized spacial score (nSPS) is 13.1. The first-order valence-electron chi connectivity index (χ1n) is 5.63. The van der Waals surface area contributed by atoms with Crippen LogP contribution in [0.2, 0.25) is 0 Å². The lowest BCUT2D eigenvalue weighted by Crippen LogP contribution is -2.26. The Bertz CT molecular complexity index is 97.5. The average Bonchev–Trinajstić information content (AvgIpc) is 2.19. The monoisotopic (exact) mass is 203 g/mol. The van der Waals surface area contributed by atoms with E-state index in [1.807, 2.05) is 0 Å². The first-order valence-corrected chi connectivity index (χ1v) is 5.63. The molecule has 2 N–H and O–H groups in total. The van der Waals surface area contributed by atoms with Gasteiger partial charge in [0.25, 0.3) is 0 Å². The minimum atomic E-state index is 0.198. The molecular formula is C11H25NO2. The Labute approximate surface area is 88.0 Å². The van der Waals surface area contributed by atoms with Crippen molar-refractivity contribution in [2.45, 2.75) is 45.1 Å². The number of unbranched alkanes of at least 4 members (excludes halogenated alkanes) is 3. The van der Waals surface area contributed by atoms with E-state index >= 15 is 0 Å². The maximum Gasteiger partial charge on any atom is 0.0701 e. The molecule has 0 aliphatic carbocycles. The smallest absolute Gasteiger partial charge is 0.0701 e. The zero-order chi connectivity index (χ0) is 10.6. The van der Waals surface area contributed by atoms with E-state index in [-0.39, 0.29) is 6.04 Å². The summed E-state index contributed by atoms with van der Waals surface area (Å²) in [5.41, 5.74) is 5.87. The summed E-state index contributed by atoms with van der Waals surface area (Å²) in [5, 5.41) is 0. The molecule has 0 amide bonds. The minimum absolute atomic E-state index is 0.198. The summed E-state index contributed by atoms with van der Waals surface area (Å²) in [5.74, 6) is 0. The Hall–Kier alpha value is -0.120. The second-order valence-corrected chi connectivity index (χ2v) is 3.68. The van der Waals surface area contributed by atoms with Crippen LogP contribution in [-0.4, -0.2) is 33.0 Å². The molecule has 86 valence electrons. The lowest BCUT2D eigenvalue weighted by atomic mass is 10.1. The van der Waals surface area contributed by atoms with Crippen LogP contribution in [0.15, 0.2) is 0 Å². The topological polar surface area (TPSA) is 44.5 Å².